The molecule has 0 N–H and O–H groups in total. The van der Waals surface area contributed by atoms with Crippen molar-refractivity contribution in [2.45, 2.75) is 13.8 Å². The summed E-state index contributed by atoms with van der Waals surface area (Å²) >= 11 is 0. The Morgan fingerprint density at radius 2 is 1.85 bits per heavy atom. The highest BCUT2D eigenvalue weighted by Gasteiger charge is 2.14. The number of ketones is 1. The van der Waals surface area contributed by atoms with Gasteiger partial charge in [-0.1, -0.05) is 30.3 Å². The quantitative estimate of drug-likeness (QED) is 0.620. The lowest BCUT2D eigenvalue weighted by atomic mass is 10.0. The van der Waals surface area contributed by atoms with Crippen LogP contribution in [0.4, 0.5) is 0 Å². The molecular formula is C16H16O4. The molecule has 0 bridgehead atoms. The van der Waals surface area contributed by atoms with Crippen molar-refractivity contribution in [1.29, 1.82) is 0 Å². The summed E-state index contributed by atoms with van der Waals surface area (Å²) in [5.41, 5.74) is 0.493. The Bertz CT molecular complexity index is 646. The maximum Gasteiger partial charge on any atom is 0.344 e. The third-order valence-corrected chi connectivity index (χ3v) is 2.89. The number of esters is 1. The minimum atomic E-state index is -0.449. The van der Waals surface area contributed by atoms with Gasteiger partial charge < -0.3 is 9.47 Å². The van der Waals surface area contributed by atoms with E-state index in [0.29, 0.717) is 17.9 Å². The van der Waals surface area contributed by atoms with Crippen LogP contribution in [0.3, 0.4) is 0 Å². The van der Waals surface area contributed by atoms with Gasteiger partial charge in [-0.15, -0.1) is 0 Å². The SMILES string of the molecule is CCOC(=O)COc1ccc2ccccc2c1C(C)=O. The minimum Gasteiger partial charge on any atom is -0.481 e. The van der Waals surface area contributed by atoms with Gasteiger partial charge in [0.2, 0.25) is 0 Å². The first-order valence-electron chi connectivity index (χ1n) is 6.44. The third kappa shape index (κ3) is 2.96. The first kappa shape index (κ1) is 14.1. The topological polar surface area (TPSA) is 52.6 Å². The smallest absolute Gasteiger partial charge is 0.344 e. The fourth-order valence-corrected chi connectivity index (χ4v) is 2.07. The Kier molecular flexibility index (Phi) is 4.35. The summed E-state index contributed by atoms with van der Waals surface area (Å²) in [5.74, 6) is -0.139. The third-order valence-electron chi connectivity index (χ3n) is 2.89. The van der Waals surface area contributed by atoms with Gasteiger partial charge in [-0.25, -0.2) is 4.79 Å². The molecule has 0 atom stereocenters. The lowest BCUT2D eigenvalue weighted by Crippen LogP contribution is -2.15. The molecule has 0 heterocycles. The van der Waals surface area contributed by atoms with Crippen LogP contribution in [0.5, 0.6) is 5.75 Å². The molecule has 0 aromatic heterocycles. The van der Waals surface area contributed by atoms with Gasteiger partial charge in [0.15, 0.2) is 12.4 Å². The van der Waals surface area contributed by atoms with Crippen LogP contribution in [-0.4, -0.2) is 25.0 Å². The second kappa shape index (κ2) is 6.19. The van der Waals surface area contributed by atoms with Crippen molar-refractivity contribution in [3.63, 3.8) is 0 Å². The molecule has 0 amide bonds. The molecule has 4 nitrogen and oxygen atoms in total. The first-order valence-corrected chi connectivity index (χ1v) is 6.44. The number of carbonyl (C=O) groups excluding carboxylic acids is 2. The molecule has 0 aliphatic heterocycles. The normalized spacial score (nSPS) is 10.3. The van der Waals surface area contributed by atoms with Crippen LogP contribution in [0.15, 0.2) is 36.4 Å². The molecule has 0 radical (unpaired) electrons. The van der Waals surface area contributed by atoms with Gasteiger partial charge in [-0.2, -0.15) is 0 Å². The average molecular weight is 272 g/mol. The van der Waals surface area contributed by atoms with Crippen LogP contribution < -0.4 is 4.74 Å². The van der Waals surface area contributed by atoms with Crippen LogP contribution in [0.2, 0.25) is 0 Å². The molecule has 0 saturated carbocycles. The minimum absolute atomic E-state index is 0.0966. The zero-order chi connectivity index (χ0) is 14.5. The molecule has 20 heavy (non-hydrogen) atoms. The van der Waals surface area contributed by atoms with Crippen LogP contribution in [-0.2, 0) is 9.53 Å². The number of hydrogen-bond donors (Lipinski definition) is 0. The second-order valence-electron chi connectivity index (χ2n) is 4.31. The van der Waals surface area contributed by atoms with Crippen LogP contribution in [0, 0.1) is 0 Å². The summed E-state index contributed by atoms with van der Waals surface area (Å²) in [7, 11) is 0. The van der Waals surface area contributed by atoms with Crippen molar-refractivity contribution in [3.8, 4) is 5.75 Å². The number of hydrogen-bond acceptors (Lipinski definition) is 4. The summed E-state index contributed by atoms with van der Waals surface area (Å²) in [6.45, 7) is 3.32. The van der Waals surface area contributed by atoms with Gasteiger partial charge in [0.1, 0.15) is 5.75 Å². The predicted octanol–water partition coefficient (Wildman–Crippen LogP) is 2.98. The number of carbonyl (C=O) groups is 2. The number of Topliss-reactive ketones (excluding diaryl/α,β-unsaturated/α-hetero) is 1. The molecule has 2 aromatic carbocycles. The van der Waals surface area contributed by atoms with Crippen molar-refractivity contribution in [1.82, 2.24) is 0 Å². The van der Waals surface area contributed by atoms with E-state index >= 15 is 0 Å². The van der Waals surface area contributed by atoms with E-state index in [1.165, 1.54) is 6.92 Å². The molecule has 4 heteroatoms. The second-order valence-corrected chi connectivity index (χ2v) is 4.31. The van der Waals surface area contributed by atoms with E-state index in [1.54, 1.807) is 13.0 Å². The number of ether oxygens (including phenoxy) is 2. The van der Waals surface area contributed by atoms with Crippen molar-refractivity contribution in [2.75, 3.05) is 13.2 Å². The summed E-state index contributed by atoms with van der Waals surface area (Å²) in [6.07, 6.45) is 0. The van der Waals surface area contributed by atoms with Crippen molar-refractivity contribution in [3.05, 3.63) is 42.0 Å². The molecule has 104 valence electrons. The van der Waals surface area contributed by atoms with Crippen molar-refractivity contribution >= 4 is 22.5 Å². The maximum absolute atomic E-state index is 11.9. The van der Waals surface area contributed by atoms with Crippen LogP contribution >= 0.6 is 0 Å². The molecule has 0 fully saturated rings. The monoisotopic (exact) mass is 272 g/mol. The van der Waals surface area contributed by atoms with E-state index in [0.717, 1.165) is 10.8 Å². The summed E-state index contributed by atoms with van der Waals surface area (Å²) in [5, 5.41) is 1.78. The van der Waals surface area contributed by atoms with E-state index < -0.39 is 5.97 Å². The maximum atomic E-state index is 11.9. The van der Waals surface area contributed by atoms with Gasteiger partial charge in [0.25, 0.3) is 0 Å². The number of fused-ring (bicyclic) bond motifs is 1. The summed E-state index contributed by atoms with van der Waals surface area (Å²) in [6, 6.07) is 11.1. The zero-order valence-corrected chi connectivity index (χ0v) is 11.5. The fraction of sp³-hybridized carbons (Fsp3) is 0.250. The Balaban J connectivity index is 2.35. The van der Waals surface area contributed by atoms with E-state index in [9.17, 15) is 9.59 Å². The average Bonchev–Trinajstić information content (AvgIpc) is 2.44. The van der Waals surface area contributed by atoms with Gasteiger partial charge in [0, 0.05) is 0 Å². The molecule has 2 aromatic rings. The largest absolute Gasteiger partial charge is 0.481 e. The molecule has 0 spiro atoms. The van der Waals surface area contributed by atoms with Crippen molar-refractivity contribution in [2.24, 2.45) is 0 Å². The number of benzene rings is 2. The van der Waals surface area contributed by atoms with Gasteiger partial charge in [-0.3, -0.25) is 4.79 Å². The Labute approximate surface area is 117 Å². The number of rotatable bonds is 5. The van der Waals surface area contributed by atoms with Gasteiger partial charge in [0.05, 0.1) is 12.2 Å². The lowest BCUT2D eigenvalue weighted by molar-refractivity contribution is -0.145. The predicted molar refractivity (Wildman–Crippen MR) is 76.1 cm³/mol. The Hall–Kier alpha value is -2.36. The van der Waals surface area contributed by atoms with E-state index in [-0.39, 0.29) is 12.4 Å². The highest BCUT2D eigenvalue weighted by molar-refractivity contribution is 6.09. The van der Waals surface area contributed by atoms with Gasteiger partial charge in [-0.05, 0) is 30.7 Å². The lowest BCUT2D eigenvalue weighted by Gasteiger charge is -2.11. The zero-order valence-electron chi connectivity index (χ0n) is 11.5. The summed E-state index contributed by atoms with van der Waals surface area (Å²) in [4.78, 5) is 23.2. The highest BCUT2D eigenvalue weighted by atomic mass is 16.6. The molecule has 0 unspecified atom stereocenters. The molecule has 0 aliphatic carbocycles. The van der Waals surface area contributed by atoms with E-state index in [1.807, 2.05) is 30.3 Å². The van der Waals surface area contributed by atoms with Crippen LogP contribution in [0.25, 0.3) is 10.8 Å². The first-order chi connectivity index (χ1) is 9.63. The Morgan fingerprint density at radius 1 is 1.10 bits per heavy atom. The van der Waals surface area contributed by atoms with Gasteiger partial charge >= 0.3 is 5.97 Å². The standard InChI is InChI=1S/C16H16O4/c1-3-19-15(18)10-20-14-9-8-12-6-4-5-7-13(12)16(14)11(2)17/h4-9H,3,10H2,1-2H3. The summed E-state index contributed by atoms with van der Waals surface area (Å²) < 4.78 is 10.2. The fourth-order valence-electron chi connectivity index (χ4n) is 2.07. The van der Waals surface area contributed by atoms with E-state index in [2.05, 4.69) is 0 Å². The highest BCUT2D eigenvalue weighted by Crippen LogP contribution is 2.28. The Morgan fingerprint density at radius 3 is 2.55 bits per heavy atom. The molecule has 2 rings (SSSR count). The van der Waals surface area contributed by atoms with Crippen LogP contribution in [0.1, 0.15) is 24.2 Å². The molecular weight excluding hydrogens is 256 g/mol. The molecule has 0 aliphatic rings. The molecule has 0 saturated heterocycles. The van der Waals surface area contributed by atoms with Crippen molar-refractivity contribution < 1.29 is 19.1 Å². The van der Waals surface area contributed by atoms with E-state index in [4.69, 9.17) is 9.47 Å².